The molecule has 1 saturated heterocycles. The number of piperidine rings is 1. The normalized spacial score (nSPS) is 21.4. The lowest BCUT2D eigenvalue weighted by Gasteiger charge is -2.31. The van der Waals surface area contributed by atoms with Gasteiger partial charge in [-0.3, -0.25) is 9.59 Å². The quantitative estimate of drug-likeness (QED) is 0.840. The summed E-state index contributed by atoms with van der Waals surface area (Å²) in [5.41, 5.74) is 1.22. The molecule has 22 heavy (non-hydrogen) atoms. The van der Waals surface area contributed by atoms with Gasteiger partial charge in [-0.25, -0.2) is 0 Å². The zero-order chi connectivity index (χ0) is 15.7. The van der Waals surface area contributed by atoms with E-state index in [4.69, 9.17) is 0 Å². The van der Waals surface area contributed by atoms with Crippen molar-refractivity contribution in [3.05, 3.63) is 21.4 Å². The van der Waals surface area contributed by atoms with E-state index in [1.807, 2.05) is 6.07 Å². The van der Waals surface area contributed by atoms with Crippen molar-refractivity contribution < 1.29 is 9.59 Å². The maximum Gasteiger partial charge on any atom is 0.263 e. The summed E-state index contributed by atoms with van der Waals surface area (Å²) in [7, 11) is 3.56. The summed E-state index contributed by atoms with van der Waals surface area (Å²) in [6.07, 6.45) is 6.21. The second kappa shape index (κ2) is 6.41. The van der Waals surface area contributed by atoms with Crippen LogP contribution in [0.5, 0.6) is 0 Å². The van der Waals surface area contributed by atoms with E-state index in [1.165, 1.54) is 16.9 Å². The molecular formula is C17H24N2O2S. The molecule has 5 heteroatoms. The van der Waals surface area contributed by atoms with Gasteiger partial charge in [0.15, 0.2) is 0 Å². The van der Waals surface area contributed by atoms with Crippen LogP contribution in [-0.4, -0.2) is 48.8 Å². The fourth-order valence-corrected chi connectivity index (χ4v) is 4.66. The van der Waals surface area contributed by atoms with Crippen LogP contribution in [0.1, 0.15) is 45.8 Å². The summed E-state index contributed by atoms with van der Waals surface area (Å²) in [6.45, 7) is 1.85. The fourth-order valence-electron chi connectivity index (χ4n) is 3.43. The number of amides is 2. The lowest BCUT2D eigenvalue weighted by Crippen LogP contribution is -2.41. The van der Waals surface area contributed by atoms with Crippen molar-refractivity contribution in [2.24, 2.45) is 5.92 Å². The van der Waals surface area contributed by atoms with Crippen molar-refractivity contribution in [2.75, 3.05) is 27.2 Å². The van der Waals surface area contributed by atoms with Gasteiger partial charge in [0.2, 0.25) is 5.91 Å². The van der Waals surface area contributed by atoms with E-state index in [2.05, 4.69) is 4.90 Å². The van der Waals surface area contributed by atoms with Crippen molar-refractivity contribution in [3.63, 3.8) is 0 Å². The van der Waals surface area contributed by atoms with Crippen molar-refractivity contribution in [1.82, 2.24) is 9.80 Å². The highest BCUT2D eigenvalue weighted by Gasteiger charge is 2.30. The van der Waals surface area contributed by atoms with Crippen LogP contribution in [0.4, 0.5) is 0 Å². The maximum atomic E-state index is 12.7. The molecule has 1 atom stereocenters. The molecule has 0 spiro atoms. The Morgan fingerprint density at radius 3 is 2.64 bits per heavy atom. The molecule has 1 aliphatic heterocycles. The van der Waals surface area contributed by atoms with Gasteiger partial charge in [0.05, 0.1) is 4.88 Å². The van der Waals surface area contributed by atoms with Crippen molar-refractivity contribution >= 4 is 23.2 Å². The van der Waals surface area contributed by atoms with Gasteiger partial charge in [-0.15, -0.1) is 11.3 Å². The summed E-state index contributed by atoms with van der Waals surface area (Å²) in [5, 5.41) is 0. The molecule has 3 rings (SSSR count). The third-order valence-electron chi connectivity index (χ3n) is 4.72. The first-order valence-corrected chi connectivity index (χ1v) is 9.00. The van der Waals surface area contributed by atoms with Gasteiger partial charge in [0, 0.05) is 38.0 Å². The largest absolute Gasteiger partial charge is 0.344 e. The molecule has 1 fully saturated rings. The number of carbonyl (C=O) groups excluding carboxylic acids is 2. The highest BCUT2D eigenvalue weighted by molar-refractivity contribution is 7.14. The molecule has 2 amide bonds. The number of rotatable bonds is 2. The van der Waals surface area contributed by atoms with E-state index in [-0.39, 0.29) is 11.8 Å². The van der Waals surface area contributed by atoms with Crippen LogP contribution >= 0.6 is 11.3 Å². The lowest BCUT2D eigenvalue weighted by molar-refractivity contribution is -0.136. The predicted molar refractivity (Wildman–Crippen MR) is 88.3 cm³/mol. The Balaban J connectivity index is 1.70. The zero-order valence-electron chi connectivity index (χ0n) is 13.4. The molecule has 1 aliphatic carbocycles. The van der Waals surface area contributed by atoms with Crippen LogP contribution in [-0.2, 0) is 17.6 Å². The van der Waals surface area contributed by atoms with Gasteiger partial charge in [0.1, 0.15) is 0 Å². The molecule has 0 unspecified atom stereocenters. The first-order chi connectivity index (χ1) is 10.6. The Morgan fingerprint density at radius 1 is 1.23 bits per heavy atom. The summed E-state index contributed by atoms with van der Waals surface area (Å²) in [5.74, 6) is 0.512. The van der Waals surface area contributed by atoms with E-state index < -0.39 is 0 Å². The van der Waals surface area contributed by atoms with Gasteiger partial charge in [-0.1, -0.05) is 0 Å². The van der Waals surface area contributed by atoms with Gasteiger partial charge in [-0.2, -0.15) is 0 Å². The molecule has 1 aromatic rings. The van der Waals surface area contributed by atoms with Gasteiger partial charge in [-0.05, 0) is 50.2 Å². The second-order valence-corrected chi connectivity index (χ2v) is 7.72. The molecule has 2 heterocycles. The van der Waals surface area contributed by atoms with Crippen LogP contribution in [0.2, 0.25) is 0 Å². The number of nitrogens with zero attached hydrogens (tertiary/aromatic N) is 2. The third-order valence-corrected chi connectivity index (χ3v) is 5.94. The highest BCUT2D eigenvalue weighted by atomic mass is 32.1. The summed E-state index contributed by atoms with van der Waals surface area (Å²) in [4.78, 5) is 30.5. The molecule has 0 aromatic carbocycles. The number of thiophene rings is 1. The Hall–Kier alpha value is -1.36. The number of hydrogen-bond acceptors (Lipinski definition) is 3. The smallest absolute Gasteiger partial charge is 0.263 e. The summed E-state index contributed by atoms with van der Waals surface area (Å²) >= 11 is 1.60. The molecular weight excluding hydrogens is 296 g/mol. The zero-order valence-corrected chi connectivity index (χ0v) is 14.2. The van der Waals surface area contributed by atoms with Crippen molar-refractivity contribution in [2.45, 2.75) is 38.5 Å². The molecule has 0 saturated carbocycles. The molecule has 0 N–H and O–H groups in total. The number of likely N-dealkylation sites (tertiary alicyclic amines) is 1. The first-order valence-electron chi connectivity index (χ1n) is 8.18. The number of hydrogen-bond donors (Lipinski definition) is 0. The standard InChI is InChI=1S/C17H24N2O2S/c1-18(2)17(21)15-11-13-10-12(6-7-14(13)22-15)16(20)19-8-4-3-5-9-19/h11-12H,3-10H2,1-2H3/t12-/m1/s1. The van der Waals surface area contributed by atoms with Gasteiger partial charge in [0.25, 0.3) is 5.91 Å². The minimum Gasteiger partial charge on any atom is -0.344 e. The van der Waals surface area contributed by atoms with E-state index in [9.17, 15) is 9.59 Å². The molecule has 2 aliphatic rings. The number of fused-ring (bicyclic) bond motifs is 1. The Kier molecular flexibility index (Phi) is 4.52. The third kappa shape index (κ3) is 3.05. The number of carbonyl (C=O) groups is 2. The summed E-state index contributed by atoms with van der Waals surface area (Å²) in [6, 6.07) is 2.01. The van der Waals surface area contributed by atoms with Crippen molar-refractivity contribution in [3.8, 4) is 0 Å². The molecule has 120 valence electrons. The van der Waals surface area contributed by atoms with Crippen LogP contribution in [0, 0.1) is 5.92 Å². The molecule has 1 aromatic heterocycles. The van der Waals surface area contributed by atoms with Crippen molar-refractivity contribution in [1.29, 1.82) is 0 Å². The summed E-state index contributed by atoms with van der Waals surface area (Å²) < 4.78 is 0. The number of aryl methyl sites for hydroxylation is 1. The van der Waals surface area contributed by atoms with Crippen LogP contribution in [0.3, 0.4) is 0 Å². The highest BCUT2D eigenvalue weighted by Crippen LogP contribution is 2.34. The Bertz CT molecular complexity index is 573. The Labute approximate surface area is 136 Å². The SMILES string of the molecule is CN(C)C(=O)c1cc2c(s1)CC[C@@H](C(=O)N1CCCCC1)C2. The van der Waals surface area contributed by atoms with E-state index in [0.29, 0.717) is 5.91 Å². The topological polar surface area (TPSA) is 40.6 Å². The maximum absolute atomic E-state index is 12.7. The molecule has 0 radical (unpaired) electrons. The monoisotopic (exact) mass is 320 g/mol. The van der Waals surface area contributed by atoms with Gasteiger partial charge >= 0.3 is 0 Å². The van der Waals surface area contributed by atoms with Crippen LogP contribution < -0.4 is 0 Å². The van der Waals surface area contributed by atoms with E-state index >= 15 is 0 Å². The fraction of sp³-hybridized carbons (Fsp3) is 0.647. The minimum atomic E-state index is 0.0679. The average molecular weight is 320 g/mol. The Morgan fingerprint density at radius 2 is 1.95 bits per heavy atom. The minimum absolute atomic E-state index is 0.0679. The van der Waals surface area contributed by atoms with Gasteiger partial charge < -0.3 is 9.80 Å². The predicted octanol–water partition coefficient (Wildman–Crippen LogP) is 2.57. The van der Waals surface area contributed by atoms with E-state index in [1.54, 1.807) is 30.3 Å². The molecule has 0 bridgehead atoms. The van der Waals surface area contributed by atoms with E-state index in [0.717, 1.165) is 50.1 Å². The lowest BCUT2D eigenvalue weighted by atomic mass is 9.87. The second-order valence-electron chi connectivity index (χ2n) is 6.58. The van der Waals surface area contributed by atoms with Crippen LogP contribution in [0.15, 0.2) is 6.07 Å². The average Bonchev–Trinajstić information content (AvgIpc) is 2.97. The molecule has 4 nitrogen and oxygen atoms in total. The first kappa shape index (κ1) is 15.5. The van der Waals surface area contributed by atoms with Crippen LogP contribution in [0.25, 0.3) is 0 Å².